The Morgan fingerprint density at radius 3 is 2.41 bits per heavy atom. The van der Waals surface area contributed by atoms with Crippen LogP contribution in [0.3, 0.4) is 0 Å². The minimum Gasteiger partial charge on any atom is -0.365 e. The van der Waals surface area contributed by atoms with Gasteiger partial charge in [0.05, 0.1) is 15.9 Å². The van der Waals surface area contributed by atoms with Gasteiger partial charge in [0.15, 0.2) is 0 Å². The number of anilines is 1. The highest BCUT2D eigenvalue weighted by Gasteiger charge is 2.35. The Morgan fingerprint density at radius 1 is 1.24 bits per heavy atom. The van der Waals surface area contributed by atoms with Gasteiger partial charge in [-0.05, 0) is 31.9 Å². The van der Waals surface area contributed by atoms with Crippen molar-refractivity contribution >= 4 is 39.8 Å². The van der Waals surface area contributed by atoms with Gasteiger partial charge in [-0.3, -0.25) is 14.7 Å². The van der Waals surface area contributed by atoms with Gasteiger partial charge < -0.3 is 14.7 Å². The summed E-state index contributed by atoms with van der Waals surface area (Å²) >= 11 is 0. The zero-order valence-corrected chi connectivity index (χ0v) is 17.9. The van der Waals surface area contributed by atoms with Gasteiger partial charge in [0.25, 0.3) is 5.69 Å². The molecule has 2 aromatic carbocycles. The van der Waals surface area contributed by atoms with Crippen LogP contribution in [0.1, 0.15) is 33.6 Å². The van der Waals surface area contributed by atoms with E-state index in [-0.39, 0.29) is 33.5 Å². The van der Waals surface area contributed by atoms with Crippen LogP contribution in [0.25, 0.3) is 10.8 Å². The smallest absolute Gasteiger partial charge is 0.350 e. The molecule has 2 aromatic rings. The van der Waals surface area contributed by atoms with E-state index in [0.29, 0.717) is 6.42 Å². The molecule has 0 amide bonds. The van der Waals surface area contributed by atoms with E-state index < -0.39 is 34.4 Å². The first-order valence-electron chi connectivity index (χ1n) is 8.92. The number of sulfonamides is 1. The van der Waals surface area contributed by atoms with E-state index in [9.17, 15) is 28.0 Å². The highest BCUT2D eigenvalue weighted by Crippen LogP contribution is 2.51. The Balaban J connectivity index is 2.67. The van der Waals surface area contributed by atoms with Crippen LogP contribution >= 0.6 is 7.60 Å². The molecule has 0 saturated carbocycles. The van der Waals surface area contributed by atoms with E-state index in [1.807, 2.05) is 0 Å². The van der Waals surface area contributed by atoms with Crippen molar-refractivity contribution in [1.29, 1.82) is 0 Å². The maximum Gasteiger partial charge on any atom is 0.350 e. The minimum absolute atomic E-state index is 0.0770. The fourth-order valence-corrected chi connectivity index (χ4v) is 5.17. The third kappa shape index (κ3) is 5.12. The molecule has 0 radical (unpaired) electrons. The average molecular weight is 445 g/mol. The lowest BCUT2D eigenvalue weighted by atomic mass is 10.1. The van der Waals surface area contributed by atoms with E-state index in [2.05, 4.69) is 5.32 Å². The fourth-order valence-electron chi connectivity index (χ4n) is 2.86. The SMILES string of the molecule is CCC(C)OP(=O)(O)C(CC)Nc1c([N+](=O)[O-])ccc2c(S(N)(=O)=O)cccc12. The molecule has 160 valence electrons. The summed E-state index contributed by atoms with van der Waals surface area (Å²) in [7, 11) is -8.28. The van der Waals surface area contributed by atoms with Crippen molar-refractivity contribution in [2.75, 3.05) is 5.32 Å². The van der Waals surface area contributed by atoms with Gasteiger partial charge in [-0.25, -0.2) is 13.6 Å². The molecule has 29 heavy (non-hydrogen) atoms. The summed E-state index contributed by atoms with van der Waals surface area (Å²) < 4.78 is 41.8. The number of primary sulfonamides is 1. The van der Waals surface area contributed by atoms with Gasteiger partial charge in [0.1, 0.15) is 11.5 Å². The topological polar surface area (TPSA) is 162 Å². The van der Waals surface area contributed by atoms with E-state index in [1.165, 1.54) is 24.3 Å². The number of rotatable bonds is 9. The van der Waals surface area contributed by atoms with Crippen molar-refractivity contribution in [3.05, 3.63) is 40.4 Å². The van der Waals surface area contributed by atoms with E-state index in [4.69, 9.17) is 9.66 Å². The van der Waals surface area contributed by atoms with Gasteiger partial charge in [-0.1, -0.05) is 26.0 Å². The van der Waals surface area contributed by atoms with Crippen LogP contribution in [-0.4, -0.2) is 30.1 Å². The monoisotopic (exact) mass is 445 g/mol. The molecule has 0 fully saturated rings. The largest absolute Gasteiger partial charge is 0.365 e. The zero-order chi connectivity index (χ0) is 22.0. The van der Waals surface area contributed by atoms with Crippen LogP contribution < -0.4 is 10.5 Å². The predicted molar refractivity (Wildman–Crippen MR) is 110 cm³/mol. The maximum atomic E-state index is 12.7. The number of nitro benzene ring substituents is 1. The number of hydrogen-bond acceptors (Lipinski definition) is 7. The summed E-state index contributed by atoms with van der Waals surface area (Å²) in [4.78, 5) is 21.1. The molecule has 2 rings (SSSR count). The van der Waals surface area contributed by atoms with Gasteiger partial charge in [-0.2, -0.15) is 0 Å². The van der Waals surface area contributed by atoms with Crippen molar-refractivity contribution in [3.8, 4) is 0 Å². The van der Waals surface area contributed by atoms with Gasteiger partial charge in [0, 0.05) is 16.8 Å². The summed E-state index contributed by atoms with van der Waals surface area (Å²) in [5, 5.41) is 19.9. The molecule has 4 N–H and O–H groups in total. The van der Waals surface area contributed by atoms with Crippen LogP contribution in [0, 0.1) is 10.1 Å². The lowest BCUT2D eigenvalue weighted by Gasteiger charge is -2.26. The maximum absolute atomic E-state index is 12.7. The van der Waals surface area contributed by atoms with E-state index >= 15 is 0 Å². The Labute approximate surface area is 168 Å². The number of nitrogens with one attached hydrogen (secondary N) is 1. The van der Waals surface area contributed by atoms with Crippen LogP contribution in [0.5, 0.6) is 0 Å². The summed E-state index contributed by atoms with van der Waals surface area (Å²) in [6.07, 6.45) is 0.151. The van der Waals surface area contributed by atoms with Gasteiger partial charge >= 0.3 is 7.60 Å². The number of nitro groups is 1. The minimum atomic E-state index is -4.19. The lowest BCUT2D eigenvalue weighted by molar-refractivity contribution is -0.383. The highest BCUT2D eigenvalue weighted by atomic mass is 32.2. The second-order valence-corrected chi connectivity index (χ2v) is 10.1. The van der Waals surface area contributed by atoms with Crippen LogP contribution in [0.4, 0.5) is 11.4 Å². The van der Waals surface area contributed by atoms with Gasteiger partial charge in [0.2, 0.25) is 10.0 Å². The summed E-state index contributed by atoms with van der Waals surface area (Å²) in [6.45, 7) is 5.07. The number of nitrogens with zero attached hydrogens (tertiary/aromatic N) is 1. The highest BCUT2D eigenvalue weighted by molar-refractivity contribution is 7.89. The molecule has 12 heteroatoms. The Morgan fingerprint density at radius 2 is 1.90 bits per heavy atom. The Bertz CT molecular complexity index is 1070. The first-order chi connectivity index (χ1) is 13.4. The molecule has 3 atom stereocenters. The van der Waals surface area contributed by atoms with Crippen molar-refractivity contribution in [3.63, 3.8) is 0 Å². The molecule has 3 unspecified atom stereocenters. The van der Waals surface area contributed by atoms with Crippen LogP contribution in [-0.2, 0) is 19.1 Å². The van der Waals surface area contributed by atoms with E-state index in [0.717, 1.165) is 6.07 Å². The van der Waals surface area contributed by atoms with Crippen LogP contribution in [0.2, 0.25) is 0 Å². The van der Waals surface area contributed by atoms with Crippen molar-refractivity contribution in [2.24, 2.45) is 5.14 Å². The first-order valence-corrected chi connectivity index (χ1v) is 12.1. The molecular formula is C17H24N3O7PS. The molecule has 0 bridgehead atoms. The molecule has 0 spiro atoms. The van der Waals surface area contributed by atoms with Crippen LogP contribution in [0.15, 0.2) is 35.2 Å². The summed E-state index contributed by atoms with van der Waals surface area (Å²) in [6, 6.07) is 6.57. The Hall–Kier alpha value is -2.04. The fraction of sp³-hybridized carbons (Fsp3) is 0.412. The average Bonchev–Trinajstić information content (AvgIpc) is 2.63. The molecule has 0 aliphatic carbocycles. The molecule has 0 heterocycles. The first kappa shape index (κ1) is 23.2. The summed E-state index contributed by atoms with van der Waals surface area (Å²) in [5.41, 5.74) is -0.446. The molecule has 0 aliphatic rings. The zero-order valence-electron chi connectivity index (χ0n) is 16.2. The normalized spacial score (nSPS) is 16.2. The molecule has 0 aromatic heterocycles. The quantitative estimate of drug-likeness (QED) is 0.300. The lowest BCUT2D eigenvalue weighted by Crippen LogP contribution is -2.23. The van der Waals surface area contributed by atoms with Crippen molar-refractivity contribution in [1.82, 2.24) is 0 Å². The molecule has 0 saturated heterocycles. The second kappa shape index (κ2) is 8.76. The third-order valence-corrected chi connectivity index (χ3v) is 7.41. The number of benzene rings is 2. The molecule has 10 nitrogen and oxygen atoms in total. The van der Waals surface area contributed by atoms with E-state index in [1.54, 1.807) is 20.8 Å². The molecule has 0 aliphatic heterocycles. The standard InChI is InChI=1S/C17H24N3O7PS/c1-4-11(3)27-28(23,24)16(5-2)19-17-13-7-6-8-15(29(18,25)26)12(13)9-10-14(17)20(21)22/h6-11,16,19H,4-5H2,1-3H3,(H,23,24)(H2,18,25,26). The third-order valence-electron chi connectivity index (χ3n) is 4.50. The molecular weight excluding hydrogens is 421 g/mol. The van der Waals surface area contributed by atoms with Crippen molar-refractivity contribution in [2.45, 2.75) is 50.4 Å². The number of nitrogens with two attached hydrogens (primary N) is 1. The van der Waals surface area contributed by atoms with Gasteiger partial charge in [-0.15, -0.1) is 0 Å². The predicted octanol–water partition coefficient (Wildman–Crippen LogP) is 3.54. The number of fused-ring (bicyclic) bond motifs is 1. The summed E-state index contributed by atoms with van der Waals surface area (Å²) in [5.74, 6) is -1.14. The number of hydrogen-bond donors (Lipinski definition) is 3. The van der Waals surface area contributed by atoms with Crippen molar-refractivity contribution < 1.29 is 27.3 Å². The second-order valence-electron chi connectivity index (χ2n) is 6.57. The Kier molecular flexibility index (Phi) is 7.02.